The number of anilines is 1. The highest BCUT2D eigenvalue weighted by molar-refractivity contribution is 5.58. The van der Waals surface area contributed by atoms with Crippen LogP contribution in [0.3, 0.4) is 0 Å². The molecule has 2 saturated heterocycles. The number of methoxy groups -OCH3 is 2. The monoisotopic (exact) mass is 262 g/mol. The second-order valence-corrected chi connectivity index (χ2v) is 5.56. The Morgan fingerprint density at radius 1 is 1.05 bits per heavy atom. The molecule has 19 heavy (non-hydrogen) atoms. The van der Waals surface area contributed by atoms with Crippen molar-refractivity contribution in [3.8, 4) is 11.5 Å². The first-order valence-corrected chi connectivity index (χ1v) is 6.99. The highest BCUT2D eigenvalue weighted by Crippen LogP contribution is 2.41. The van der Waals surface area contributed by atoms with E-state index < -0.39 is 0 Å². The SMILES string of the molecule is COc1ccc(N2C3CCC2CC(N)C3)cc1OC. The summed E-state index contributed by atoms with van der Waals surface area (Å²) >= 11 is 0. The Balaban J connectivity index is 1.90. The van der Waals surface area contributed by atoms with E-state index in [0.717, 1.165) is 24.3 Å². The number of piperidine rings is 1. The van der Waals surface area contributed by atoms with Crippen LogP contribution in [-0.4, -0.2) is 32.3 Å². The topological polar surface area (TPSA) is 47.7 Å². The summed E-state index contributed by atoms with van der Waals surface area (Å²) in [6.07, 6.45) is 4.72. The zero-order chi connectivity index (χ0) is 13.4. The molecule has 0 saturated carbocycles. The summed E-state index contributed by atoms with van der Waals surface area (Å²) in [6, 6.07) is 7.75. The van der Waals surface area contributed by atoms with Gasteiger partial charge in [0, 0.05) is 29.9 Å². The molecule has 0 aromatic heterocycles. The van der Waals surface area contributed by atoms with Crippen molar-refractivity contribution in [3.05, 3.63) is 18.2 Å². The molecule has 2 N–H and O–H groups in total. The van der Waals surface area contributed by atoms with E-state index in [-0.39, 0.29) is 0 Å². The molecular weight excluding hydrogens is 240 g/mol. The minimum atomic E-state index is 0.369. The Morgan fingerprint density at radius 2 is 1.68 bits per heavy atom. The molecule has 1 aromatic rings. The molecule has 1 aromatic carbocycles. The lowest BCUT2D eigenvalue weighted by Crippen LogP contribution is -2.47. The van der Waals surface area contributed by atoms with E-state index in [0.29, 0.717) is 18.1 Å². The van der Waals surface area contributed by atoms with Gasteiger partial charge in [-0.1, -0.05) is 0 Å². The van der Waals surface area contributed by atoms with Crippen molar-refractivity contribution in [1.82, 2.24) is 0 Å². The molecule has 0 amide bonds. The van der Waals surface area contributed by atoms with Crippen LogP contribution in [-0.2, 0) is 0 Å². The molecule has 2 bridgehead atoms. The smallest absolute Gasteiger partial charge is 0.162 e. The molecule has 3 rings (SSSR count). The third kappa shape index (κ3) is 2.14. The molecule has 0 radical (unpaired) electrons. The molecule has 2 aliphatic rings. The van der Waals surface area contributed by atoms with Gasteiger partial charge in [-0.3, -0.25) is 0 Å². The fraction of sp³-hybridized carbons (Fsp3) is 0.600. The van der Waals surface area contributed by atoms with Gasteiger partial charge in [0.25, 0.3) is 0 Å². The maximum absolute atomic E-state index is 6.13. The number of rotatable bonds is 3. The van der Waals surface area contributed by atoms with Gasteiger partial charge in [0.05, 0.1) is 14.2 Å². The van der Waals surface area contributed by atoms with Crippen LogP contribution in [0, 0.1) is 0 Å². The number of fused-ring (bicyclic) bond motifs is 2. The number of nitrogens with two attached hydrogens (primary N) is 1. The standard InChI is InChI=1S/C15H22N2O2/c1-18-14-6-5-13(9-15(14)19-2)17-11-3-4-12(17)8-10(16)7-11/h5-6,9-12H,3-4,7-8,16H2,1-2H3. The second kappa shape index (κ2) is 4.93. The highest BCUT2D eigenvalue weighted by atomic mass is 16.5. The van der Waals surface area contributed by atoms with E-state index in [1.807, 2.05) is 6.07 Å². The van der Waals surface area contributed by atoms with Crippen LogP contribution in [0.5, 0.6) is 11.5 Å². The largest absolute Gasteiger partial charge is 0.493 e. The lowest BCUT2D eigenvalue weighted by molar-refractivity contribution is 0.354. The molecule has 2 heterocycles. The van der Waals surface area contributed by atoms with Crippen molar-refractivity contribution >= 4 is 5.69 Å². The molecule has 2 fully saturated rings. The zero-order valence-corrected chi connectivity index (χ0v) is 11.6. The molecule has 4 nitrogen and oxygen atoms in total. The molecule has 2 unspecified atom stereocenters. The van der Waals surface area contributed by atoms with Crippen molar-refractivity contribution in [2.24, 2.45) is 5.73 Å². The minimum Gasteiger partial charge on any atom is -0.493 e. The summed E-state index contributed by atoms with van der Waals surface area (Å²) in [4.78, 5) is 2.53. The molecule has 104 valence electrons. The van der Waals surface area contributed by atoms with Crippen LogP contribution in [0.4, 0.5) is 5.69 Å². The van der Waals surface area contributed by atoms with Gasteiger partial charge < -0.3 is 20.1 Å². The number of ether oxygens (including phenoxy) is 2. The van der Waals surface area contributed by atoms with Crippen LogP contribution >= 0.6 is 0 Å². The molecule has 0 spiro atoms. The number of hydrogen-bond donors (Lipinski definition) is 1. The maximum atomic E-state index is 6.13. The highest BCUT2D eigenvalue weighted by Gasteiger charge is 2.39. The minimum absolute atomic E-state index is 0.369. The molecule has 0 aliphatic carbocycles. The number of hydrogen-bond acceptors (Lipinski definition) is 4. The van der Waals surface area contributed by atoms with Gasteiger partial charge in [0.15, 0.2) is 11.5 Å². The van der Waals surface area contributed by atoms with Gasteiger partial charge in [-0.15, -0.1) is 0 Å². The predicted octanol–water partition coefficient (Wildman–Crippen LogP) is 2.16. The Morgan fingerprint density at radius 3 is 2.26 bits per heavy atom. The van der Waals surface area contributed by atoms with Gasteiger partial charge in [0.2, 0.25) is 0 Å². The van der Waals surface area contributed by atoms with E-state index >= 15 is 0 Å². The van der Waals surface area contributed by atoms with Crippen molar-refractivity contribution in [2.75, 3.05) is 19.1 Å². The lowest BCUT2D eigenvalue weighted by atomic mass is 9.97. The Hall–Kier alpha value is -1.42. The van der Waals surface area contributed by atoms with Gasteiger partial charge in [0.1, 0.15) is 0 Å². The van der Waals surface area contributed by atoms with Crippen molar-refractivity contribution < 1.29 is 9.47 Å². The summed E-state index contributed by atoms with van der Waals surface area (Å²) in [5.41, 5.74) is 7.36. The fourth-order valence-corrected chi connectivity index (χ4v) is 3.63. The third-order valence-corrected chi connectivity index (χ3v) is 4.43. The number of nitrogens with zero attached hydrogens (tertiary/aromatic N) is 1. The van der Waals surface area contributed by atoms with Gasteiger partial charge in [-0.05, 0) is 37.8 Å². The third-order valence-electron chi connectivity index (χ3n) is 4.43. The van der Waals surface area contributed by atoms with Crippen LogP contribution in [0.25, 0.3) is 0 Å². The Kier molecular flexibility index (Phi) is 3.27. The van der Waals surface area contributed by atoms with Crippen molar-refractivity contribution in [2.45, 2.75) is 43.8 Å². The molecular formula is C15H22N2O2. The van der Waals surface area contributed by atoms with E-state index in [9.17, 15) is 0 Å². The molecule has 4 heteroatoms. The Labute approximate surface area is 114 Å². The zero-order valence-electron chi connectivity index (χ0n) is 11.6. The second-order valence-electron chi connectivity index (χ2n) is 5.56. The first-order valence-electron chi connectivity index (χ1n) is 6.99. The average molecular weight is 262 g/mol. The van der Waals surface area contributed by atoms with Gasteiger partial charge >= 0.3 is 0 Å². The van der Waals surface area contributed by atoms with E-state index in [1.54, 1.807) is 14.2 Å². The summed E-state index contributed by atoms with van der Waals surface area (Å²) in [5.74, 6) is 1.58. The average Bonchev–Trinajstić information content (AvgIpc) is 2.70. The normalized spacial score (nSPS) is 29.4. The predicted molar refractivity (Wildman–Crippen MR) is 76.0 cm³/mol. The lowest BCUT2D eigenvalue weighted by Gasteiger charge is -2.39. The summed E-state index contributed by atoms with van der Waals surface area (Å²) in [6.45, 7) is 0. The first-order chi connectivity index (χ1) is 9.22. The van der Waals surface area contributed by atoms with Crippen molar-refractivity contribution in [3.63, 3.8) is 0 Å². The maximum Gasteiger partial charge on any atom is 0.162 e. The summed E-state index contributed by atoms with van der Waals surface area (Å²) in [5, 5.41) is 0. The van der Waals surface area contributed by atoms with Crippen LogP contribution in [0.1, 0.15) is 25.7 Å². The summed E-state index contributed by atoms with van der Waals surface area (Å²) < 4.78 is 10.7. The number of benzene rings is 1. The van der Waals surface area contributed by atoms with E-state index in [1.165, 1.54) is 18.5 Å². The van der Waals surface area contributed by atoms with Crippen molar-refractivity contribution in [1.29, 1.82) is 0 Å². The van der Waals surface area contributed by atoms with Gasteiger partial charge in [-0.2, -0.15) is 0 Å². The summed E-state index contributed by atoms with van der Waals surface area (Å²) in [7, 11) is 3.35. The Bertz CT molecular complexity index is 449. The fourth-order valence-electron chi connectivity index (χ4n) is 3.63. The molecule has 2 atom stereocenters. The quantitative estimate of drug-likeness (QED) is 0.907. The molecule has 2 aliphatic heterocycles. The van der Waals surface area contributed by atoms with Crippen LogP contribution < -0.4 is 20.1 Å². The van der Waals surface area contributed by atoms with Crippen LogP contribution in [0.15, 0.2) is 18.2 Å². The van der Waals surface area contributed by atoms with Gasteiger partial charge in [-0.25, -0.2) is 0 Å². The first kappa shape index (κ1) is 12.6. The van der Waals surface area contributed by atoms with E-state index in [2.05, 4.69) is 17.0 Å². The van der Waals surface area contributed by atoms with Crippen LogP contribution in [0.2, 0.25) is 0 Å². The van der Waals surface area contributed by atoms with E-state index in [4.69, 9.17) is 15.2 Å².